The number of hydrogen-bond donors (Lipinski definition) is 0. The number of rotatable bonds is 3. The molecule has 2 rings (SSSR count). The van der Waals surface area contributed by atoms with E-state index in [9.17, 15) is 4.79 Å². The molecule has 2 nitrogen and oxygen atoms in total. The van der Waals surface area contributed by atoms with Crippen molar-refractivity contribution >= 4 is 21.7 Å². The lowest BCUT2D eigenvalue weighted by atomic mass is 9.92. The minimum Gasteiger partial charge on any atom is -0.496 e. The number of Topliss-reactive ketones (excluding diaryl/α,β-unsaturated/α-hetero) is 1. The van der Waals surface area contributed by atoms with E-state index in [0.717, 1.165) is 28.6 Å². The summed E-state index contributed by atoms with van der Waals surface area (Å²) in [5.41, 5.74) is 0.864. The fourth-order valence-corrected chi connectivity index (χ4v) is 2.33. The first-order valence-electron chi connectivity index (χ1n) is 4.95. The van der Waals surface area contributed by atoms with E-state index >= 15 is 0 Å². The number of ether oxygens (including phenoxy) is 1. The Labute approximate surface area is 97.8 Å². The van der Waals surface area contributed by atoms with Gasteiger partial charge in [-0.15, -0.1) is 0 Å². The minimum absolute atomic E-state index is 0.214. The number of benzene rings is 1. The van der Waals surface area contributed by atoms with E-state index in [1.807, 2.05) is 18.2 Å². The lowest BCUT2D eigenvalue weighted by Gasteiger charge is -2.13. The predicted molar refractivity (Wildman–Crippen MR) is 62.3 cm³/mol. The predicted octanol–water partition coefficient (Wildman–Crippen LogP) is 3.08. The van der Waals surface area contributed by atoms with E-state index < -0.39 is 0 Å². The fourth-order valence-electron chi connectivity index (χ4n) is 1.93. The Hall–Kier alpha value is -0.830. The van der Waals surface area contributed by atoms with Crippen LogP contribution in [-0.4, -0.2) is 12.9 Å². The number of methoxy groups -OCH3 is 1. The Kier molecular flexibility index (Phi) is 2.59. The highest BCUT2D eigenvalue weighted by atomic mass is 79.9. The van der Waals surface area contributed by atoms with Crippen molar-refractivity contribution in [3.8, 4) is 5.75 Å². The van der Waals surface area contributed by atoms with E-state index in [1.54, 1.807) is 14.0 Å². The summed E-state index contributed by atoms with van der Waals surface area (Å²) in [6.07, 6.45) is 1.93. The highest BCUT2D eigenvalue weighted by Crippen LogP contribution is 2.50. The first kappa shape index (κ1) is 10.7. The molecule has 3 heteroatoms. The molecule has 0 amide bonds. The Morgan fingerprint density at radius 1 is 1.47 bits per heavy atom. The van der Waals surface area contributed by atoms with Gasteiger partial charge in [-0.1, -0.05) is 6.07 Å². The van der Waals surface area contributed by atoms with Crippen LogP contribution in [0.25, 0.3) is 0 Å². The summed E-state index contributed by atoms with van der Waals surface area (Å²) in [6.45, 7) is 1.67. The lowest BCUT2D eigenvalue weighted by molar-refractivity contribution is -0.119. The summed E-state index contributed by atoms with van der Waals surface area (Å²) in [4.78, 5) is 11.6. The normalized spacial score (nSPS) is 17.3. The maximum Gasteiger partial charge on any atom is 0.140 e. The average molecular weight is 269 g/mol. The number of carbonyl (C=O) groups is 1. The summed E-state index contributed by atoms with van der Waals surface area (Å²) in [7, 11) is 1.64. The summed E-state index contributed by atoms with van der Waals surface area (Å²) in [5.74, 6) is 1.05. The lowest BCUT2D eigenvalue weighted by Crippen LogP contribution is -2.16. The molecule has 1 aliphatic carbocycles. The van der Waals surface area contributed by atoms with E-state index in [2.05, 4.69) is 15.9 Å². The second-order valence-electron chi connectivity index (χ2n) is 3.99. The molecule has 0 spiro atoms. The molecule has 0 aliphatic heterocycles. The second-order valence-corrected chi connectivity index (χ2v) is 4.84. The van der Waals surface area contributed by atoms with E-state index in [-0.39, 0.29) is 11.2 Å². The first-order chi connectivity index (χ1) is 7.10. The van der Waals surface area contributed by atoms with Gasteiger partial charge in [-0.3, -0.25) is 4.79 Å². The molecule has 15 heavy (non-hydrogen) atoms. The van der Waals surface area contributed by atoms with Crippen molar-refractivity contribution in [2.45, 2.75) is 25.2 Å². The van der Waals surface area contributed by atoms with Crippen molar-refractivity contribution in [3.63, 3.8) is 0 Å². The van der Waals surface area contributed by atoms with Gasteiger partial charge in [0.2, 0.25) is 0 Å². The maximum absolute atomic E-state index is 11.6. The number of hydrogen-bond acceptors (Lipinski definition) is 2. The molecule has 1 aromatic rings. The molecular weight excluding hydrogens is 256 g/mol. The van der Waals surface area contributed by atoms with Crippen LogP contribution in [0.15, 0.2) is 22.7 Å². The van der Waals surface area contributed by atoms with Crippen molar-refractivity contribution in [3.05, 3.63) is 28.2 Å². The summed E-state index contributed by atoms with van der Waals surface area (Å²) in [6, 6.07) is 5.90. The Morgan fingerprint density at radius 2 is 2.13 bits per heavy atom. The number of ketones is 1. The first-order valence-corrected chi connectivity index (χ1v) is 5.74. The molecule has 1 aromatic carbocycles. The van der Waals surface area contributed by atoms with Gasteiger partial charge in [0.15, 0.2) is 0 Å². The van der Waals surface area contributed by atoms with Crippen LogP contribution in [0.1, 0.15) is 25.3 Å². The smallest absolute Gasteiger partial charge is 0.140 e. The fraction of sp³-hybridized carbons (Fsp3) is 0.417. The molecule has 0 N–H and O–H groups in total. The van der Waals surface area contributed by atoms with Gasteiger partial charge in [-0.05, 0) is 53.4 Å². The van der Waals surface area contributed by atoms with Gasteiger partial charge in [0.25, 0.3) is 0 Å². The van der Waals surface area contributed by atoms with Crippen LogP contribution in [0.5, 0.6) is 5.75 Å². The molecule has 0 radical (unpaired) electrons. The van der Waals surface area contributed by atoms with E-state index in [4.69, 9.17) is 4.74 Å². The van der Waals surface area contributed by atoms with Crippen LogP contribution in [0.4, 0.5) is 0 Å². The van der Waals surface area contributed by atoms with Gasteiger partial charge in [0.1, 0.15) is 11.5 Å². The molecule has 0 aromatic heterocycles. The highest BCUT2D eigenvalue weighted by Gasteiger charge is 2.48. The molecule has 1 fully saturated rings. The van der Waals surface area contributed by atoms with Gasteiger partial charge in [0.05, 0.1) is 17.0 Å². The average Bonchev–Trinajstić information content (AvgIpc) is 2.99. The second kappa shape index (κ2) is 3.63. The molecule has 1 saturated carbocycles. The third kappa shape index (κ3) is 1.69. The third-order valence-corrected chi connectivity index (χ3v) is 3.78. The topological polar surface area (TPSA) is 26.3 Å². The number of halogens is 1. The van der Waals surface area contributed by atoms with Gasteiger partial charge in [-0.2, -0.15) is 0 Å². The molecule has 0 heterocycles. The highest BCUT2D eigenvalue weighted by molar-refractivity contribution is 9.10. The Bertz CT molecular complexity index is 408. The maximum atomic E-state index is 11.6. The summed E-state index contributed by atoms with van der Waals surface area (Å²) >= 11 is 3.40. The van der Waals surface area contributed by atoms with Crippen LogP contribution in [0, 0.1) is 0 Å². The van der Waals surface area contributed by atoms with Gasteiger partial charge in [0, 0.05) is 0 Å². The van der Waals surface area contributed by atoms with Crippen molar-refractivity contribution in [1.82, 2.24) is 0 Å². The molecule has 0 bridgehead atoms. The van der Waals surface area contributed by atoms with Crippen LogP contribution < -0.4 is 4.74 Å². The molecule has 80 valence electrons. The van der Waals surface area contributed by atoms with Crippen molar-refractivity contribution in [2.24, 2.45) is 0 Å². The van der Waals surface area contributed by atoms with Crippen LogP contribution in [-0.2, 0) is 10.2 Å². The quantitative estimate of drug-likeness (QED) is 0.842. The van der Waals surface area contributed by atoms with Crippen LogP contribution in [0.3, 0.4) is 0 Å². The molecule has 0 atom stereocenters. The zero-order valence-corrected chi connectivity index (χ0v) is 10.4. The van der Waals surface area contributed by atoms with Crippen molar-refractivity contribution in [1.29, 1.82) is 0 Å². The summed E-state index contributed by atoms with van der Waals surface area (Å²) in [5, 5.41) is 0. The molecular formula is C12H13BrO2. The summed E-state index contributed by atoms with van der Waals surface area (Å²) < 4.78 is 6.15. The largest absolute Gasteiger partial charge is 0.496 e. The Morgan fingerprint density at radius 3 is 2.60 bits per heavy atom. The molecule has 0 unspecified atom stereocenters. The SMILES string of the molecule is COc1cc(C2(C(C)=O)CC2)ccc1Br. The monoisotopic (exact) mass is 268 g/mol. The standard InChI is InChI=1S/C12H13BrO2/c1-8(14)12(5-6-12)9-3-4-10(13)11(7-9)15-2/h3-4,7H,5-6H2,1-2H3. The number of carbonyl (C=O) groups excluding carboxylic acids is 1. The third-order valence-electron chi connectivity index (χ3n) is 3.13. The molecule has 1 aliphatic rings. The van der Waals surface area contributed by atoms with Crippen LogP contribution in [0.2, 0.25) is 0 Å². The van der Waals surface area contributed by atoms with Crippen molar-refractivity contribution in [2.75, 3.05) is 7.11 Å². The van der Waals surface area contributed by atoms with Gasteiger partial charge in [-0.25, -0.2) is 0 Å². The van der Waals surface area contributed by atoms with Gasteiger partial charge < -0.3 is 4.74 Å². The Balaban J connectivity index is 2.42. The molecule has 0 saturated heterocycles. The van der Waals surface area contributed by atoms with Crippen LogP contribution >= 0.6 is 15.9 Å². The zero-order valence-electron chi connectivity index (χ0n) is 8.84. The van der Waals surface area contributed by atoms with E-state index in [1.165, 1.54) is 0 Å². The van der Waals surface area contributed by atoms with E-state index in [0.29, 0.717) is 0 Å². The van der Waals surface area contributed by atoms with Crippen molar-refractivity contribution < 1.29 is 9.53 Å². The zero-order chi connectivity index (χ0) is 11.1. The van der Waals surface area contributed by atoms with Gasteiger partial charge >= 0.3 is 0 Å². The minimum atomic E-state index is -0.214.